The van der Waals surface area contributed by atoms with Crippen LogP contribution in [0.15, 0.2) is 6.20 Å². The molecule has 0 spiro atoms. The summed E-state index contributed by atoms with van der Waals surface area (Å²) in [7, 11) is 1.64. The first-order valence-corrected chi connectivity index (χ1v) is 8.80. The summed E-state index contributed by atoms with van der Waals surface area (Å²) in [6, 6.07) is 0. The number of hydrogen-bond acceptors (Lipinski definition) is 4. The average molecular weight is 320 g/mol. The van der Waals surface area contributed by atoms with Gasteiger partial charge in [0, 0.05) is 45.9 Å². The zero-order valence-electron chi connectivity index (χ0n) is 14.2. The van der Waals surface area contributed by atoms with Gasteiger partial charge in [-0.1, -0.05) is 6.42 Å². The Hall–Kier alpha value is -1.40. The molecule has 128 valence electrons. The van der Waals surface area contributed by atoms with E-state index in [9.17, 15) is 4.79 Å². The minimum Gasteiger partial charge on any atom is -0.384 e. The highest BCUT2D eigenvalue weighted by molar-refractivity contribution is 5.76. The summed E-state index contributed by atoms with van der Waals surface area (Å²) in [6.45, 7) is 6.29. The molecule has 1 aromatic rings. The van der Waals surface area contributed by atoms with Crippen LogP contribution in [0.2, 0.25) is 0 Å². The van der Waals surface area contributed by atoms with E-state index in [4.69, 9.17) is 4.74 Å². The molecule has 0 aliphatic carbocycles. The summed E-state index contributed by atoms with van der Waals surface area (Å²) < 4.78 is 7.35. The Kier molecular flexibility index (Phi) is 5.67. The number of rotatable bonds is 5. The Morgan fingerprint density at radius 2 is 2.00 bits per heavy atom. The summed E-state index contributed by atoms with van der Waals surface area (Å²) in [5, 5.41) is 0. The van der Waals surface area contributed by atoms with Crippen LogP contribution in [0.1, 0.15) is 37.2 Å². The number of fused-ring (bicyclic) bond motifs is 1. The first-order chi connectivity index (χ1) is 11.3. The third-order valence-corrected chi connectivity index (χ3v) is 4.93. The van der Waals surface area contributed by atoms with Crippen molar-refractivity contribution in [3.05, 3.63) is 17.7 Å². The topological polar surface area (TPSA) is 50.6 Å². The number of aromatic nitrogens is 2. The van der Waals surface area contributed by atoms with Crippen LogP contribution in [0, 0.1) is 0 Å². The maximum atomic E-state index is 12.2. The van der Waals surface area contributed by atoms with Gasteiger partial charge in [-0.3, -0.25) is 9.69 Å². The highest BCUT2D eigenvalue weighted by atomic mass is 16.5. The molecule has 3 rings (SSSR count). The van der Waals surface area contributed by atoms with E-state index in [0.717, 1.165) is 38.4 Å². The Morgan fingerprint density at radius 1 is 1.17 bits per heavy atom. The number of likely N-dealkylation sites (tertiary alicyclic amines) is 1. The third kappa shape index (κ3) is 4.12. The molecule has 2 aliphatic rings. The summed E-state index contributed by atoms with van der Waals surface area (Å²) in [5.74, 6) is 1.31. The lowest BCUT2D eigenvalue weighted by atomic mass is 10.1. The van der Waals surface area contributed by atoms with Gasteiger partial charge in [0.25, 0.3) is 0 Å². The lowest BCUT2D eigenvalue weighted by Gasteiger charge is -2.26. The van der Waals surface area contributed by atoms with E-state index in [-0.39, 0.29) is 5.91 Å². The molecule has 1 aromatic heterocycles. The quantitative estimate of drug-likeness (QED) is 0.820. The minimum absolute atomic E-state index is 0.190. The predicted octanol–water partition coefficient (Wildman–Crippen LogP) is 1.29. The minimum atomic E-state index is 0.190. The fourth-order valence-electron chi connectivity index (χ4n) is 3.56. The molecule has 1 saturated heterocycles. The largest absolute Gasteiger partial charge is 0.384 e. The zero-order chi connectivity index (χ0) is 16.1. The van der Waals surface area contributed by atoms with Crippen molar-refractivity contribution in [2.45, 2.75) is 45.2 Å². The molecular weight excluding hydrogens is 292 g/mol. The molecule has 0 N–H and O–H groups in total. The van der Waals surface area contributed by atoms with E-state index in [2.05, 4.69) is 14.5 Å². The van der Waals surface area contributed by atoms with Crippen LogP contribution in [0.25, 0.3) is 0 Å². The average Bonchev–Trinajstić information content (AvgIpc) is 2.82. The summed E-state index contributed by atoms with van der Waals surface area (Å²) in [6.07, 6.45) is 7.33. The molecule has 0 saturated carbocycles. The lowest BCUT2D eigenvalue weighted by Crippen LogP contribution is -2.34. The molecule has 6 nitrogen and oxygen atoms in total. The smallest absolute Gasteiger partial charge is 0.224 e. The van der Waals surface area contributed by atoms with Gasteiger partial charge in [-0.15, -0.1) is 0 Å². The van der Waals surface area contributed by atoms with Crippen molar-refractivity contribution >= 4 is 5.91 Å². The fraction of sp³-hybridized carbons (Fsp3) is 0.765. The normalized spacial score (nSPS) is 19.4. The first-order valence-electron chi connectivity index (χ1n) is 8.80. The van der Waals surface area contributed by atoms with Crippen molar-refractivity contribution in [1.29, 1.82) is 0 Å². The molecule has 1 amide bonds. The SMILES string of the molecule is COCCC(=O)N1CCc2ncc(CN3CCCCC3)n2CC1. The predicted molar refractivity (Wildman–Crippen MR) is 88.1 cm³/mol. The number of carbonyl (C=O) groups excluding carboxylic acids is 1. The maximum Gasteiger partial charge on any atom is 0.224 e. The molecule has 2 aliphatic heterocycles. The number of hydrogen-bond donors (Lipinski definition) is 0. The van der Waals surface area contributed by atoms with Gasteiger partial charge in [-0.05, 0) is 25.9 Å². The second kappa shape index (κ2) is 7.93. The van der Waals surface area contributed by atoms with Crippen LogP contribution in [0.5, 0.6) is 0 Å². The molecule has 0 unspecified atom stereocenters. The van der Waals surface area contributed by atoms with E-state index in [1.807, 2.05) is 11.1 Å². The second-order valence-electron chi connectivity index (χ2n) is 6.53. The van der Waals surface area contributed by atoms with Gasteiger partial charge in [0.05, 0.1) is 18.7 Å². The number of piperidine rings is 1. The van der Waals surface area contributed by atoms with E-state index in [1.54, 1.807) is 7.11 Å². The van der Waals surface area contributed by atoms with Crippen LogP contribution in [0.4, 0.5) is 0 Å². The third-order valence-electron chi connectivity index (χ3n) is 4.93. The molecule has 0 atom stereocenters. The van der Waals surface area contributed by atoms with Crippen molar-refractivity contribution in [2.75, 3.05) is 39.9 Å². The highest BCUT2D eigenvalue weighted by Crippen LogP contribution is 2.17. The molecule has 6 heteroatoms. The highest BCUT2D eigenvalue weighted by Gasteiger charge is 2.21. The van der Waals surface area contributed by atoms with E-state index < -0.39 is 0 Å². The molecular formula is C17H28N4O2. The van der Waals surface area contributed by atoms with Gasteiger partial charge in [-0.25, -0.2) is 4.98 Å². The monoisotopic (exact) mass is 320 g/mol. The molecule has 0 bridgehead atoms. The number of imidazole rings is 1. The van der Waals surface area contributed by atoms with Crippen molar-refractivity contribution < 1.29 is 9.53 Å². The van der Waals surface area contributed by atoms with Gasteiger partial charge in [-0.2, -0.15) is 0 Å². The Balaban J connectivity index is 1.60. The van der Waals surface area contributed by atoms with Crippen molar-refractivity contribution in [3.8, 4) is 0 Å². The number of amides is 1. The Morgan fingerprint density at radius 3 is 2.78 bits per heavy atom. The van der Waals surface area contributed by atoms with Crippen LogP contribution >= 0.6 is 0 Å². The Labute approximate surface area is 138 Å². The van der Waals surface area contributed by atoms with E-state index in [1.165, 1.54) is 38.0 Å². The number of methoxy groups -OCH3 is 1. The number of ether oxygens (including phenoxy) is 1. The zero-order valence-corrected chi connectivity index (χ0v) is 14.2. The van der Waals surface area contributed by atoms with Crippen LogP contribution in [-0.2, 0) is 29.0 Å². The van der Waals surface area contributed by atoms with Crippen LogP contribution in [-0.4, -0.2) is 65.2 Å². The van der Waals surface area contributed by atoms with Gasteiger partial charge >= 0.3 is 0 Å². The number of carbonyl (C=O) groups is 1. The standard InChI is InChI=1S/C17H28N4O2/c1-23-12-6-17(22)20-9-5-16-18-13-15(21(16)11-10-20)14-19-7-3-2-4-8-19/h13H,2-12,14H2,1H3. The van der Waals surface area contributed by atoms with Crippen LogP contribution < -0.4 is 0 Å². The van der Waals surface area contributed by atoms with Gasteiger partial charge in [0.15, 0.2) is 0 Å². The molecule has 0 radical (unpaired) electrons. The first kappa shape index (κ1) is 16.5. The Bertz CT molecular complexity index is 523. The van der Waals surface area contributed by atoms with Gasteiger partial charge < -0.3 is 14.2 Å². The van der Waals surface area contributed by atoms with Crippen molar-refractivity contribution in [3.63, 3.8) is 0 Å². The van der Waals surface area contributed by atoms with E-state index in [0.29, 0.717) is 13.0 Å². The van der Waals surface area contributed by atoms with Gasteiger partial charge in [0.1, 0.15) is 5.82 Å². The maximum absolute atomic E-state index is 12.2. The number of nitrogens with zero attached hydrogens (tertiary/aromatic N) is 4. The summed E-state index contributed by atoms with van der Waals surface area (Å²) in [4.78, 5) is 21.3. The van der Waals surface area contributed by atoms with E-state index >= 15 is 0 Å². The van der Waals surface area contributed by atoms with Crippen molar-refractivity contribution in [2.24, 2.45) is 0 Å². The summed E-state index contributed by atoms with van der Waals surface area (Å²) >= 11 is 0. The van der Waals surface area contributed by atoms with Crippen molar-refractivity contribution in [1.82, 2.24) is 19.4 Å². The molecule has 23 heavy (non-hydrogen) atoms. The van der Waals surface area contributed by atoms with Gasteiger partial charge in [0.2, 0.25) is 5.91 Å². The lowest BCUT2D eigenvalue weighted by molar-refractivity contribution is -0.132. The summed E-state index contributed by atoms with van der Waals surface area (Å²) in [5.41, 5.74) is 1.30. The van der Waals surface area contributed by atoms with Crippen LogP contribution in [0.3, 0.4) is 0 Å². The molecule has 0 aromatic carbocycles. The molecule has 3 heterocycles. The fourth-order valence-corrected chi connectivity index (χ4v) is 3.56. The second-order valence-corrected chi connectivity index (χ2v) is 6.53. The molecule has 1 fully saturated rings.